The monoisotopic (exact) mass is 253 g/mol. The van der Waals surface area contributed by atoms with Gasteiger partial charge < -0.3 is 0 Å². The van der Waals surface area contributed by atoms with E-state index in [-0.39, 0.29) is 0 Å². The van der Waals surface area contributed by atoms with Gasteiger partial charge in [-0.3, -0.25) is 0 Å². The summed E-state index contributed by atoms with van der Waals surface area (Å²) in [7, 11) is 0. The van der Waals surface area contributed by atoms with Crippen LogP contribution >= 0.6 is 0 Å². The van der Waals surface area contributed by atoms with Crippen molar-refractivity contribution in [3.05, 3.63) is 16.8 Å². The molecule has 0 spiro atoms. The Morgan fingerprint density at radius 2 is 1.84 bits per heavy atom. The van der Waals surface area contributed by atoms with Gasteiger partial charge in [0, 0.05) is 17.8 Å². The van der Waals surface area contributed by atoms with E-state index < -0.39 is 0 Å². The van der Waals surface area contributed by atoms with E-state index in [0.717, 1.165) is 23.5 Å². The first-order chi connectivity index (χ1) is 9.12. The van der Waals surface area contributed by atoms with Crippen molar-refractivity contribution in [1.29, 1.82) is 10.5 Å². The lowest BCUT2D eigenvalue weighted by atomic mass is 10.1. The molecule has 2 rings (SSSR count). The van der Waals surface area contributed by atoms with Crippen LogP contribution in [-0.4, -0.2) is 16.1 Å². The Bertz CT molecular complexity index is 661. The van der Waals surface area contributed by atoms with Crippen molar-refractivity contribution in [3.8, 4) is 12.1 Å². The molecule has 0 atom stereocenters. The summed E-state index contributed by atoms with van der Waals surface area (Å²) >= 11 is 0. The van der Waals surface area contributed by atoms with E-state index >= 15 is 0 Å². The van der Waals surface area contributed by atoms with Gasteiger partial charge in [-0.25, -0.2) is 9.67 Å². The smallest absolute Gasteiger partial charge is 0.172 e. The number of rotatable bonds is 2. The standard InChI is InChI=1S/C14H15N5/c1-4-5-13-11(7-15)12(8-16)14-17-9(2)6-10(3)18-19(13)14/h4-6H2,1-3H3. The molecule has 0 unspecified atom stereocenters. The summed E-state index contributed by atoms with van der Waals surface area (Å²) in [6.45, 7) is 5.88. The van der Waals surface area contributed by atoms with Crippen LogP contribution in [0.25, 0.3) is 0 Å². The molecule has 0 N–H and O–H groups in total. The third kappa shape index (κ3) is 2.15. The summed E-state index contributed by atoms with van der Waals surface area (Å²) in [6.07, 6.45) is 2.29. The molecule has 2 heterocycles. The minimum absolute atomic E-state index is 0.337. The van der Waals surface area contributed by atoms with Crippen LogP contribution in [0.3, 0.4) is 0 Å². The molecule has 0 radical (unpaired) electrons. The first-order valence-corrected chi connectivity index (χ1v) is 6.28. The highest BCUT2D eigenvalue weighted by Crippen LogP contribution is 2.31. The predicted molar refractivity (Wildman–Crippen MR) is 73.8 cm³/mol. The minimum atomic E-state index is 0.337. The zero-order valence-corrected chi connectivity index (χ0v) is 11.4. The number of nitriles is 2. The number of hydrogen-bond acceptors (Lipinski definition) is 4. The van der Waals surface area contributed by atoms with Crippen molar-refractivity contribution in [2.24, 2.45) is 10.1 Å². The van der Waals surface area contributed by atoms with Crippen LogP contribution in [0.5, 0.6) is 0 Å². The van der Waals surface area contributed by atoms with E-state index in [0.29, 0.717) is 29.8 Å². The Balaban J connectivity index is 2.83. The molecule has 1 aliphatic rings. The third-order valence-corrected chi connectivity index (χ3v) is 3.01. The van der Waals surface area contributed by atoms with Gasteiger partial charge in [-0.05, 0) is 20.3 Å². The van der Waals surface area contributed by atoms with E-state index in [2.05, 4.69) is 22.2 Å². The first-order valence-electron chi connectivity index (χ1n) is 6.28. The Labute approximate surface area is 112 Å². The predicted octanol–water partition coefficient (Wildman–Crippen LogP) is 2.90. The largest absolute Gasteiger partial charge is 0.237 e. The van der Waals surface area contributed by atoms with E-state index in [4.69, 9.17) is 0 Å². The average Bonchev–Trinajstić information content (AvgIpc) is 2.53. The highest BCUT2D eigenvalue weighted by molar-refractivity contribution is 6.04. The van der Waals surface area contributed by atoms with Crippen molar-refractivity contribution in [2.45, 2.75) is 40.0 Å². The van der Waals surface area contributed by atoms with E-state index in [1.807, 2.05) is 20.8 Å². The molecule has 19 heavy (non-hydrogen) atoms. The Morgan fingerprint density at radius 1 is 1.16 bits per heavy atom. The van der Waals surface area contributed by atoms with Gasteiger partial charge in [0.05, 0.1) is 11.3 Å². The molecule has 0 aliphatic carbocycles. The topological polar surface area (TPSA) is 77.2 Å². The molecule has 5 nitrogen and oxygen atoms in total. The number of nitrogens with zero attached hydrogens (tertiary/aromatic N) is 5. The molecule has 0 bridgehead atoms. The van der Waals surface area contributed by atoms with Crippen LogP contribution in [0.2, 0.25) is 0 Å². The third-order valence-electron chi connectivity index (χ3n) is 3.01. The van der Waals surface area contributed by atoms with E-state index in [1.165, 1.54) is 0 Å². The molecule has 0 saturated heterocycles. The van der Waals surface area contributed by atoms with Gasteiger partial charge in [-0.2, -0.15) is 15.6 Å². The van der Waals surface area contributed by atoms with Crippen LogP contribution in [0.1, 0.15) is 50.4 Å². The number of aliphatic imine (C=N–C) groups is 1. The average molecular weight is 253 g/mol. The van der Waals surface area contributed by atoms with Gasteiger partial charge in [-0.1, -0.05) is 13.3 Å². The Hall–Kier alpha value is -2.40. The maximum Gasteiger partial charge on any atom is 0.172 e. The quantitative estimate of drug-likeness (QED) is 0.812. The van der Waals surface area contributed by atoms with Gasteiger partial charge in [-0.15, -0.1) is 0 Å². The lowest BCUT2D eigenvalue weighted by Crippen LogP contribution is -2.02. The zero-order valence-electron chi connectivity index (χ0n) is 11.4. The fourth-order valence-electron chi connectivity index (χ4n) is 2.30. The maximum atomic E-state index is 9.30. The fraction of sp³-hybridized carbons (Fsp3) is 0.429. The highest BCUT2D eigenvalue weighted by Gasteiger charge is 2.24. The van der Waals surface area contributed by atoms with Gasteiger partial charge >= 0.3 is 0 Å². The van der Waals surface area contributed by atoms with Crippen LogP contribution in [0.15, 0.2) is 10.1 Å². The Morgan fingerprint density at radius 3 is 2.42 bits per heavy atom. The molecule has 5 heteroatoms. The SMILES string of the molecule is CCCc1c(C#N)c(C#N)c2n1N=C(C)CC(C)=N2. The Kier molecular flexibility index (Phi) is 3.48. The number of fused-ring (bicyclic) bond motifs is 1. The van der Waals surface area contributed by atoms with Crippen LogP contribution in [0, 0.1) is 22.7 Å². The lowest BCUT2D eigenvalue weighted by Gasteiger charge is -2.04. The molecular weight excluding hydrogens is 238 g/mol. The van der Waals surface area contributed by atoms with Crippen LogP contribution in [0.4, 0.5) is 5.82 Å². The van der Waals surface area contributed by atoms with E-state index in [9.17, 15) is 10.5 Å². The summed E-state index contributed by atoms with van der Waals surface area (Å²) in [5, 5.41) is 23.1. The fourth-order valence-corrected chi connectivity index (χ4v) is 2.30. The van der Waals surface area contributed by atoms with Gasteiger partial charge in [0.2, 0.25) is 0 Å². The molecule has 0 aromatic carbocycles. The second kappa shape index (κ2) is 5.07. The van der Waals surface area contributed by atoms with E-state index in [1.54, 1.807) is 4.68 Å². The lowest BCUT2D eigenvalue weighted by molar-refractivity contribution is 0.769. The highest BCUT2D eigenvalue weighted by atomic mass is 15.4. The van der Waals surface area contributed by atoms with Crippen molar-refractivity contribution in [1.82, 2.24) is 4.68 Å². The van der Waals surface area contributed by atoms with Crippen molar-refractivity contribution in [3.63, 3.8) is 0 Å². The number of aromatic nitrogens is 1. The molecular formula is C14H15N5. The van der Waals surface area contributed by atoms with Crippen LogP contribution < -0.4 is 0 Å². The molecule has 0 amide bonds. The second-order valence-corrected chi connectivity index (χ2v) is 4.66. The molecule has 1 aromatic rings. The van der Waals surface area contributed by atoms with Crippen molar-refractivity contribution in [2.75, 3.05) is 0 Å². The van der Waals surface area contributed by atoms with Crippen molar-refractivity contribution < 1.29 is 0 Å². The normalized spacial score (nSPS) is 13.7. The van der Waals surface area contributed by atoms with Crippen molar-refractivity contribution >= 4 is 17.2 Å². The molecule has 0 fully saturated rings. The molecule has 0 saturated carbocycles. The molecule has 96 valence electrons. The van der Waals surface area contributed by atoms with Gasteiger partial charge in [0.1, 0.15) is 17.7 Å². The molecule has 1 aliphatic heterocycles. The summed E-state index contributed by atoms with van der Waals surface area (Å²) < 4.78 is 1.67. The first kappa shape index (κ1) is 13.0. The minimum Gasteiger partial charge on any atom is -0.237 e. The number of hydrogen-bond donors (Lipinski definition) is 0. The molecule has 1 aromatic heterocycles. The second-order valence-electron chi connectivity index (χ2n) is 4.66. The van der Waals surface area contributed by atoms with Gasteiger partial charge in [0.25, 0.3) is 0 Å². The van der Waals surface area contributed by atoms with Crippen LogP contribution in [-0.2, 0) is 6.42 Å². The zero-order chi connectivity index (χ0) is 14.0. The summed E-state index contributed by atoms with van der Waals surface area (Å²) in [6, 6.07) is 4.22. The summed E-state index contributed by atoms with van der Waals surface area (Å²) in [4.78, 5) is 4.46. The summed E-state index contributed by atoms with van der Waals surface area (Å²) in [5.41, 5.74) is 3.37. The summed E-state index contributed by atoms with van der Waals surface area (Å²) in [5.74, 6) is 0.497. The van der Waals surface area contributed by atoms with Gasteiger partial charge in [0.15, 0.2) is 5.82 Å². The maximum absolute atomic E-state index is 9.30.